The molecule has 2 unspecified atom stereocenters. The summed E-state index contributed by atoms with van der Waals surface area (Å²) in [5.41, 5.74) is 0.931. The predicted octanol–water partition coefficient (Wildman–Crippen LogP) is 0.455. The minimum absolute atomic E-state index is 0.0620. The van der Waals surface area contributed by atoms with Crippen LogP contribution in [0.5, 0.6) is 0 Å². The summed E-state index contributed by atoms with van der Waals surface area (Å²) in [7, 11) is 0. The largest absolute Gasteiger partial charge is 0.349 e. The smallest absolute Gasteiger partial charge is 0.225 e. The van der Waals surface area contributed by atoms with Gasteiger partial charge >= 0.3 is 0 Å². The molecule has 0 bridgehead atoms. The zero-order valence-electron chi connectivity index (χ0n) is 10.6. The molecule has 2 N–H and O–H groups in total. The molecule has 0 spiro atoms. The number of carbonyl (C=O) groups excluding carboxylic acids is 2. The molecule has 6 heteroatoms. The Labute approximate surface area is 106 Å². The lowest BCUT2D eigenvalue weighted by Gasteiger charge is -2.16. The van der Waals surface area contributed by atoms with Gasteiger partial charge in [0.2, 0.25) is 11.8 Å². The third kappa shape index (κ3) is 2.52. The first-order valence-electron chi connectivity index (χ1n) is 6.18. The van der Waals surface area contributed by atoms with E-state index in [4.69, 9.17) is 0 Å². The first kappa shape index (κ1) is 12.6. The monoisotopic (exact) mass is 250 g/mol. The Balaban J connectivity index is 1.91. The molecule has 2 heterocycles. The van der Waals surface area contributed by atoms with Crippen molar-refractivity contribution in [2.45, 2.75) is 26.3 Å². The topological polar surface area (TPSA) is 78.1 Å². The van der Waals surface area contributed by atoms with Gasteiger partial charge < -0.3 is 10.2 Å². The van der Waals surface area contributed by atoms with Gasteiger partial charge in [-0.15, -0.1) is 0 Å². The van der Waals surface area contributed by atoms with Crippen LogP contribution in [0, 0.1) is 5.92 Å². The van der Waals surface area contributed by atoms with E-state index in [2.05, 4.69) is 15.5 Å². The van der Waals surface area contributed by atoms with Gasteiger partial charge in [0.1, 0.15) is 0 Å². The Hall–Kier alpha value is -1.85. The summed E-state index contributed by atoms with van der Waals surface area (Å²) in [4.78, 5) is 25.3. The molecule has 2 atom stereocenters. The van der Waals surface area contributed by atoms with Crippen LogP contribution in [0.3, 0.4) is 0 Å². The van der Waals surface area contributed by atoms with E-state index < -0.39 is 0 Å². The van der Waals surface area contributed by atoms with Crippen LogP contribution in [0.4, 0.5) is 0 Å². The standard InChI is InChI=1S/C12H18N4O2/c1-3-16-7-9(4-11(16)17)12(18)15-8(2)10-5-13-14-6-10/h5-6,8-9H,3-4,7H2,1-2H3,(H,13,14)(H,15,18). The lowest BCUT2D eigenvalue weighted by atomic mass is 10.1. The highest BCUT2D eigenvalue weighted by Crippen LogP contribution is 2.19. The highest BCUT2D eigenvalue weighted by molar-refractivity contribution is 5.89. The Morgan fingerprint density at radius 1 is 1.72 bits per heavy atom. The quantitative estimate of drug-likeness (QED) is 0.814. The number of rotatable bonds is 4. The number of nitrogens with one attached hydrogen (secondary N) is 2. The molecule has 18 heavy (non-hydrogen) atoms. The molecule has 1 aliphatic rings. The van der Waals surface area contributed by atoms with Gasteiger partial charge in [-0.3, -0.25) is 14.7 Å². The number of likely N-dealkylation sites (tertiary alicyclic amines) is 1. The van der Waals surface area contributed by atoms with Crippen molar-refractivity contribution in [3.8, 4) is 0 Å². The molecule has 1 aromatic rings. The highest BCUT2D eigenvalue weighted by Gasteiger charge is 2.33. The van der Waals surface area contributed by atoms with Gasteiger partial charge in [-0.05, 0) is 13.8 Å². The van der Waals surface area contributed by atoms with Gasteiger partial charge in [-0.25, -0.2) is 0 Å². The van der Waals surface area contributed by atoms with Crippen LogP contribution in [0.1, 0.15) is 31.9 Å². The Kier molecular flexibility index (Phi) is 3.64. The highest BCUT2D eigenvalue weighted by atomic mass is 16.2. The Morgan fingerprint density at radius 3 is 3.06 bits per heavy atom. The summed E-state index contributed by atoms with van der Waals surface area (Å²) in [6.45, 7) is 5.02. The number of H-pyrrole nitrogens is 1. The molecular formula is C12H18N4O2. The van der Waals surface area contributed by atoms with Crippen molar-refractivity contribution in [2.75, 3.05) is 13.1 Å². The average molecular weight is 250 g/mol. The van der Waals surface area contributed by atoms with E-state index in [1.54, 1.807) is 17.3 Å². The molecule has 6 nitrogen and oxygen atoms in total. The normalized spacial score (nSPS) is 21.1. The fourth-order valence-electron chi connectivity index (χ4n) is 2.17. The second-order valence-electron chi connectivity index (χ2n) is 4.60. The van der Waals surface area contributed by atoms with Crippen LogP contribution in [0.25, 0.3) is 0 Å². The number of aromatic amines is 1. The van der Waals surface area contributed by atoms with Crippen LogP contribution in [-0.2, 0) is 9.59 Å². The van der Waals surface area contributed by atoms with Gasteiger partial charge in [0.05, 0.1) is 18.2 Å². The molecule has 0 radical (unpaired) electrons. The maximum Gasteiger partial charge on any atom is 0.225 e. The molecular weight excluding hydrogens is 232 g/mol. The second kappa shape index (κ2) is 5.20. The molecule has 1 aliphatic heterocycles. The molecule has 2 rings (SSSR count). The van der Waals surface area contributed by atoms with E-state index in [0.717, 1.165) is 5.56 Å². The first-order chi connectivity index (χ1) is 8.61. The SMILES string of the molecule is CCN1CC(C(=O)NC(C)c2cn[nH]c2)CC1=O. The van der Waals surface area contributed by atoms with Crippen molar-refractivity contribution in [1.82, 2.24) is 20.4 Å². The van der Waals surface area contributed by atoms with Crippen LogP contribution >= 0.6 is 0 Å². The average Bonchev–Trinajstić information content (AvgIpc) is 2.97. The molecule has 1 fully saturated rings. The number of hydrogen-bond donors (Lipinski definition) is 2. The summed E-state index contributed by atoms with van der Waals surface area (Å²) in [5, 5.41) is 9.47. The zero-order chi connectivity index (χ0) is 13.1. The van der Waals surface area contributed by atoms with Gasteiger partial charge in [0.15, 0.2) is 0 Å². The third-order valence-corrected chi connectivity index (χ3v) is 3.35. The van der Waals surface area contributed by atoms with Crippen LogP contribution in [0.2, 0.25) is 0 Å². The van der Waals surface area contributed by atoms with Crippen molar-refractivity contribution >= 4 is 11.8 Å². The van der Waals surface area contributed by atoms with E-state index in [1.807, 2.05) is 13.8 Å². The second-order valence-corrected chi connectivity index (χ2v) is 4.60. The molecule has 0 saturated carbocycles. The number of hydrogen-bond acceptors (Lipinski definition) is 3. The summed E-state index contributed by atoms with van der Waals surface area (Å²) < 4.78 is 0. The maximum atomic E-state index is 12.0. The predicted molar refractivity (Wildman–Crippen MR) is 65.5 cm³/mol. The third-order valence-electron chi connectivity index (χ3n) is 3.35. The van der Waals surface area contributed by atoms with E-state index in [9.17, 15) is 9.59 Å². The fourth-order valence-corrected chi connectivity index (χ4v) is 2.17. The van der Waals surface area contributed by atoms with Crippen molar-refractivity contribution in [1.29, 1.82) is 0 Å². The van der Waals surface area contributed by atoms with Crippen LogP contribution in [0.15, 0.2) is 12.4 Å². The number of amides is 2. The van der Waals surface area contributed by atoms with Crippen molar-refractivity contribution in [2.24, 2.45) is 5.92 Å². The minimum Gasteiger partial charge on any atom is -0.349 e. The molecule has 2 amide bonds. The van der Waals surface area contributed by atoms with Gasteiger partial charge in [0, 0.05) is 31.3 Å². The lowest BCUT2D eigenvalue weighted by molar-refractivity contribution is -0.129. The van der Waals surface area contributed by atoms with Gasteiger partial charge in [-0.1, -0.05) is 0 Å². The summed E-state index contributed by atoms with van der Waals surface area (Å²) >= 11 is 0. The first-order valence-corrected chi connectivity index (χ1v) is 6.18. The van der Waals surface area contributed by atoms with Crippen LogP contribution in [-0.4, -0.2) is 40.0 Å². The fraction of sp³-hybridized carbons (Fsp3) is 0.583. The van der Waals surface area contributed by atoms with Crippen molar-refractivity contribution in [3.63, 3.8) is 0 Å². The van der Waals surface area contributed by atoms with E-state index in [-0.39, 0.29) is 23.8 Å². The molecule has 1 saturated heterocycles. The van der Waals surface area contributed by atoms with Crippen molar-refractivity contribution < 1.29 is 9.59 Å². The van der Waals surface area contributed by atoms with Crippen molar-refractivity contribution in [3.05, 3.63) is 18.0 Å². The van der Waals surface area contributed by atoms with Crippen LogP contribution < -0.4 is 5.32 Å². The van der Waals surface area contributed by atoms with Gasteiger partial charge in [0.25, 0.3) is 0 Å². The Bertz CT molecular complexity index is 429. The van der Waals surface area contributed by atoms with E-state index in [1.165, 1.54) is 0 Å². The zero-order valence-corrected chi connectivity index (χ0v) is 10.6. The minimum atomic E-state index is -0.230. The maximum absolute atomic E-state index is 12.0. The number of aromatic nitrogens is 2. The van der Waals surface area contributed by atoms with E-state index >= 15 is 0 Å². The molecule has 1 aromatic heterocycles. The lowest BCUT2D eigenvalue weighted by Crippen LogP contribution is -2.34. The summed E-state index contributed by atoms with van der Waals surface area (Å²) in [6, 6.07) is -0.0953. The summed E-state index contributed by atoms with van der Waals surface area (Å²) in [5.74, 6) is -0.228. The Morgan fingerprint density at radius 2 is 2.50 bits per heavy atom. The number of nitrogens with zero attached hydrogens (tertiary/aromatic N) is 2. The number of carbonyl (C=O) groups is 2. The molecule has 98 valence electrons. The van der Waals surface area contributed by atoms with E-state index in [0.29, 0.717) is 19.5 Å². The van der Waals surface area contributed by atoms with Gasteiger partial charge in [-0.2, -0.15) is 5.10 Å². The molecule has 0 aromatic carbocycles. The summed E-state index contributed by atoms with van der Waals surface area (Å²) in [6.07, 6.45) is 3.75. The molecule has 0 aliphatic carbocycles.